The first kappa shape index (κ1) is 32.2. The van der Waals surface area contributed by atoms with Crippen molar-refractivity contribution >= 4 is 5.97 Å². The Kier molecular flexibility index (Phi) is 13.2. The van der Waals surface area contributed by atoms with Crippen molar-refractivity contribution in [2.24, 2.45) is 17.8 Å². The van der Waals surface area contributed by atoms with E-state index >= 15 is 0 Å². The van der Waals surface area contributed by atoms with E-state index in [4.69, 9.17) is 9.47 Å². The van der Waals surface area contributed by atoms with Gasteiger partial charge in [0.25, 0.3) is 0 Å². The minimum Gasteiger partial charge on any atom is -0.487 e. The van der Waals surface area contributed by atoms with Crippen LogP contribution in [0.5, 0.6) is 11.5 Å². The van der Waals surface area contributed by atoms with Crippen LogP contribution in [0.1, 0.15) is 128 Å². The third-order valence-corrected chi connectivity index (χ3v) is 8.58. The fraction of sp³-hybridized carbons (Fsp3) is 0.686. The van der Waals surface area contributed by atoms with Crippen LogP contribution < -0.4 is 9.47 Å². The second-order valence-corrected chi connectivity index (χ2v) is 12.7. The molecule has 0 amide bonds. The fourth-order valence-electron chi connectivity index (χ4n) is 5.79. The molecule has 0 bridgehead atoms. The maximum absolute atomic E-state index is 12.3. The van der Waals surface area contributed by atoms with Gasteiger partial charge in [0.05, 0.1) is 0 Å². The monoisotopic (exact) mass is 524 g/mol. The molecule has 3 heteroatoms. The van der Waals surface area contributed by atoms with Crippen LogP contribution in [-0.4, -0.2) is 11.6 Å². The van der Waals surface area contributed by atoms with E-state index in [1.54, 1.807) is 6.08 Å². The molecule has 0 aliphatic carbocycles. The smallest absolute Gasteiger partial charge is 0.336 e. The van der Waals surface area contributed by atoms with Gasteiger partial charge in [-0.3, -0.25) is 0 Å². The summed E-state index contributed by atoms with van der Waals surface area (Å²) in [6, 6.07) is 0. The summed E-state index contributed by atoms with van der Waals surface area (Å²) in [5.41, 5.74) is 4.18. The molecule has 3 nitrogen and oxygen atoms in total. The number of hydrogen-bond acceptors (Lipinski definition) is 3. The first-order chi connectivity index (χ1) is 18.0. The molecule has 2 rings (SSSR count). The lowest BCUT2D eigenvalue weighted by Gasteiger charge is -2.38. The zero-order valence-corrected chi connectivity index (χ0v) is 26.0. The zero-order chi connectivity index (χ0) is 28.3. The van der Waals surface area contributed by atoms with Gasteiger partial charge in [0.15, 0.2) is 0 Å². The van der Waals surface area contributed by atoms with Crippen molar-refractivity contribution in [3.8, 4) is 11.5 Å². The highest BCUT2D eigenvalue weighted by Crippen LogP contribution is 2.45. The number of carbonyl (C=O) groups is 1. The lowest BCUT2D eigenvalue weighted by molar-refractivity contribution is -0.129. The quantitative estimate of drug-likeness (QED) is 0.0990. The molecule has 3 atom stereocenters. The zero-order valence-electron chi connectivity index (χ0n) is 26.0. The molecule has 1 aliphatic rings. The van der Waals surface area contributed by atoms with Crippen LogP contribution >= 0.6 is 0 Å². The van der Waals surface area contributed by atoms with E-state index in [0.717, 1.165) is 59.5 Å². The first-order valence-electron chi connectivity index (χ1n) is 15.3. The Hall–Kier alpha value is -2.03. The second-order valence-electron chi connectivity index (χ2n) is 12.7. The molecule has 38 heavy (non-hydrogen) atoms. The lowest BCUT2D eigenvalue weighted by Crippen LogP contribution is -2.37. The molecule has 0 spiro atoms. The molecule has 0 radical (unpaired) electrons. The van der Waals surface area contributed by atoms with Crippen LogP contribution in [0.15, 0.2) is 24.3 Å². The summed E-state index contributed by atoms with van der Waals surface area (Å²) < 4.78 is 12.5. The average molecular weight is 525 g/mol. The number of ether oxygens (including phenoxy) is 2. The van der Waals surface area contributed by atoms with Crippen LogP contribution in [0.2, 0.25) is 0 Å². The molecule has 0 fully saturated rings. The molecule has 214 valence electrons. The van der Waals surface area contributed by atoms with Crippen LogP contribution in [0, 0.1) is 38.5 Å². The first-order valence-corrected chi connectivity index (χ1v) is 15.3. The Labute approximate surface area is 234 Å². The Morgan fingerprint density at radius 3 is 2.11 bits per heavy atom. The van der Waals surface area contributed by atoms with Gasteiger partial charge in [-0.25, -0.2) is 4.79 Å². The van der Waals surface area contributed by atoms with E-state index in [1.165, 1.54) is 63.0 Å². The van der Waals surface area contributed by atoms with Gasteiger partial charge in [-0.1, -0.05) is 90.9 Å². The maximum atomic E-state index is 12.3. The third-order valence-electron chi connectivity index (χ3n) is 8.58. The van der Waals surface area contributed by atoms with E-state index in [2.05, 4.69) is 48.5 Å². The summed E-state index contributed by atoms with van der Waals surface area (Å²) in [5.74, 6) is 3.84. The minimum atomic E-state index is -0.343. The predicted molar refractivity (Wildman–Crippen MR) is 162 cm³/mol. The van der Waals surface area contributed by atoms with Crippen molar-refractivity contribution < 1.29 is 14.3 Å². The third kappa shape index (κ3) is 9.93. The molecule has 1 aromatic carbocycles. The largest absolute Gasteiger partial charge is 0.487 e. The highest BCUT2D eigenvalue weighted by atomic mass is 16.5. The number of carbonyl (C=O) groups excluding carboxylic acids is 1. The molecule has 0 N–H and O–H groups in total. The molecule has 1 heterocycles. The Morgan fingerprint density at radius 2 is 1.50 bits per heavy atom. The molecule has 0 unspecified atom stereocenters. The minimum absolute atomic E-state index is 0.130. The second kappa shape index (κ2) is 15.5. The van der Waals surface area contributed by atoms with Crippen molar-refractivity contribution in [3.05, 3.63) is 46.6 Å². The summed E-state index contributed by atoms with van der Waals surface area (Å²) in [6.45, 7) is 19.9. The number of fused-ring (bicyclic) bond motifs is 1. The van der Waals surface area contributed by atoms with Gasteiger partial charge < -0.3 is 9.47 Å². The van der Waals surface area contributed by atoms with Crippen molar-refractivity contribution in [3.63, 3.8) is 0 Å². The van der Waals surface area contributed by atoms with E-state index in [1.807, 2.05) is 26.0 Å². The van der Waals surface area contributed by atoms with E-state index in [0.29, 0.717) is 5.75 Å². The van der Waals surface area contributed by atoms with Crippen molar-refractivity contribution in [2.75, 3.05) is 0 Å². The van der Waals surface area contributed by atoms with Crippen LogP contribution in [0.25, 0.3) is 0 Å². The average Bonchev–Trinajstić information content (AvgIpc) is 2.85. The topological polar surface area (TPSA) is 35.5 Å². The van der Waals surface area contributed by atoms with E-state index < -0.39 is 0 Å². The van der Waals surface area contributed by atoms with E-state index in [9.17, 15) is 4.79 Å². The molecule has 0 saturated heterocycles. The summed E-state index contributed by atoms with van der Waals surface area (Å²) in [5, 5.41) is 0. The van der Waals surface area contributed by atoms with Gasteiger partial charge in [-0.2, -0.15) is 0 Å². The number of benzene rings is 1. The van der Waals surface area contributed by atoms with Gasteiger partial charge in [0.1, 0.15) is 17.1 Å². The summed E-state index contributed by atoms with van der Waals surface area (Å²) in [4.78, 5) is 12.3. The van der Waals surface area contributed by atoms with Crippen molar-refractivity contribution in [1.82, 2.24) is 0 Å². The molecule has 1 aliphatic heterocycles. The molecular weight excluding hydrogens is 468 g/mol. The Balaban J connectivity index is 1.88. The van der Waals surface area contributed by atoms with Gasteiger partial charge in [0.2, 0.25) is 0 Å². The molecule has 0 saturated carbocycles. The van der Waals surface area contributed by atoms with Crippen LogP contribution in [0.4, 0.5) is 0 Å². The highest BCUT2D eigenvalue weighted by Gasteiger charge is 2.34. The summed E-state index contributed by atoms with van der Waals surface area (Å²) >= 11 is 0. The summed E-state index contributed by atoms with van der Waals surface area (Å²) in [6.07, 6.45) is 20.7. The number of hydrogen-bond donors (Lipinski definition) is 0. The van der Waals surface area contributed by atoms with Gasteiger partial charge in [0, 0.05) is 11.6 Å². The predicted octanol–water partition coefficient (Wildman–Crippen LogP) is 10.2. The highest BCUT2D eigenvalue weighted by molar-refractivity contribution is 5.85. The summed E-state index contributed by atoms with van der Waals surface area (Å²) in [7, 11) is 0. The van der Waals surface area contributed by atoms with Crippen LogP contribution in [-0.2, 0) is 11.2 Å². The Morgan fingerprint density at radius 1 is 0.895 bits per heavy atom. The number of rotatable bonds is 15. The standard InChI is InChI=1S/C35H56O3/c1-10-11-12-21-32(36)37-33-28(6)29(7)34-31(30(33)8)22-24-35(9,38-34)23-15-20-27(5)19-14-18-26(4)17-13-16-25(2)3/h10-12,21,25-27H,13-20,22-24H2,1-9H3/b11-10+,21-12+/t26-,27-,35-/m1/s1. The molecule has 0 aromatic heterocycles. The van der Waals surface area contributed by atoms with Gasteiger partial charge >= 0.3 is 5.97 Å². The maximum Gasteiger partial charge on any atom is 0.336 e. The fourth-order valence-corrected chi connectivity index (χ4v) is 5.79. The molecule has 1 aromatic rings. The molecular formula is C35H56O3. The Bertz CT molecular complexity index is 955. The lowest BCUT2D eigenvalue weighted by atomic mass is 9.83. The number of esters is 1. The van der Waals surface area contributed by atoms with E-state index in [-0.39, 0.29) is 11.6 Å². The SMILES string of the molecule is C/C=C/C=C/C(=O)Oc1c(C)c(C)c2c(c1C)CC[C@@](C)(CCC[C@H](C)CCC[C@H](C)CCCC(C)C)O2. The normalized spacial score (nSPS) is 19.1. The van der Waals surface area contributed by atoms with Crippen LogP contribution in [0.3, 0.4) is 0 Å². The number of allylic oxidation sites excluding steroid dienone is 3. The van der Waals surface area contributed by atoms with Gasteiger partial charge in [-0.15, -0.1) is 0 Å². The van der Waals surface area contributed by atoms with Crippen molar-refractivity contribution in [1.29, 1.82) is 0 Å². The van der Waals surface area contributed by atoms with Gasteiger partial charge in [-0.05, 0) is 94.7 Å². The van der Waals surface area contributed by atoms with Crippen molar-refractivity contribution in [2.45, 2.75) is 139 Å².